The molecule has 1 heterocycles. The minimum Gasteiger partial charge on any atom is -0.477 e. The summed E-state index contributed by atoms with van der Waals surface area (Å²) in [5.74, 6) is -0.468. The number of nitrogens with zero attached hydrogens (tertiary/aromatic N) is 2. The van der Waals surface area contributed by atoms with Crippen molar-refractivity contribution in [2.24, 2.45) is 12.5 Å². The zero-order chi connectivity index (χ0) is 12.6. The van der Waals surface area contributed by atoms with Gasteiger partial charge in [0.2, 0.25) is 0 Å². The molecule has 4 heteroatoms. The first-order valence-corrected chi connectivity index (χ1v) is 6.16. The van der Waals surface area contributed by atoms with E-state index < -0.39 is 5.97 Å². The zero-order valence-electron chi connectivity index (χ0n) is 10.7. The van der Waals surface area contributed by atoms with Crippen molar-refractivity contribution in [3.63, 3.8) is 0 Å². The Balaban J connectivity index is 2.14. The van der Waals surface area contributed by atoms with Crippen LogP contribution in [-0.4, -0.2) is 20.9 Å². The lowest BCUT2D eigenvalue weighted by atomic mass is 9.72. The minimum atomic E-state index is -0.901. The van der Waals surface area contributed by atoms with E-state index in [1.165, 1.54) is 17.5 Å². The van der Waals surface area contributed by atoms with Gasteiger partial charge in [-0.1, -0.05) is 13.8 Å². The molecule has 2 rings (SSSR count). The van der Waals surface area contributed by atoms with Gasteiger partial charge in [-0.15, -0.1) is 0 Å². The van der Waals surface area contributed by atoms with Crippen LogP contribution in [0.15, 0.2) is 6.07 Å². The largest absolute Gasteiger partial charge is 0.477 e. The van der Waals surface area contributed by atoms with Crippen LogP contribution < -0.4 is 0 Å². The van der Waals surface area contributed by atoms with Gasteiger partial charge in [0.15, 0.2) is 0 Å². The summed E-state index contributed by atoms with van der Waals surface area (Å²) in [7, 11) is 1.69. The number of aryl methyl sites for hydroxylation is 1. The second kappa shape index (κ2) is 4.17. The van der Waals surface area contributed by atoms with Crippen LogP contribution >= 0.6 is 0 Å². The number of rotatable bonds is 2. The van der Waals surface area contributed by atoms with Crippen molar-refractivity contribution >= 4 is 5.97 Å². The van der Waals surface area contributed by atoms with Gasteiger partial charge < -0.3 is 5.11 Å². The topological polar surface area (TPSA) is 55.1 Å². The van der Waals surface area contributed by atoms with Gasteiger partial charge in [0.1, 0.15) is 5.69 Å². The maximum Gasteiger partial charge on any atom is 0.354 e. The fourth-order valence-electron chi connectivity index (χ4n) is 2.58. The highest BCUT2D eigenvalue weighted by Crippen LogP contribution is 2.41. The highest BCUT2D eigenvalue weighted by molar-refractivity contribution is 5.85. The van der Waals surface area contributed by atoms with Crippen LogP contribution in [0.1, 0.15) is 61.6 Å². The van der Waals surface area contributed by atoms with Crippen LogP contribution in [0.3, 0.4) is 0 Å². The number of carboxylic acid groups (broad SMARTS) is 1. The van der Waals surface area contributed by atoms with Gasteiger partial charge in [-0.3, -0.25) is 4.68 Å². The molecule has 0 amide bonds. The van der Waals surface area contributed by atoms with Gasteiger partial charge in [-0.2, -0.15) is 5.10 Å². The average Bonchev–Trinajstić information content (AvgIpc) is 2.60. The lowest BCUT2D eigenvalue weighted by molar-refractivity contribution is 0.0685. The molecule has 17 heavy (non-hydrogen) atoms. The van der Waals surface area contributed by atoms with Crippen LogP contribution in [0.2, 0.25) is 0 Å². The monoisotopic (exact) mass is 236 g/mol. The van der Waals surface area contributed by atoms with Crippen molar-refractivity contribution in [1.29, 1.82) is 0 Å². The second-order valence-electron chi connectivity index (χ2n) is 5.82. The predicted molar refractivity (Wildman–Crippen MR) is 65.2 cm³/mol. The molecule has 1 aliphatic carbocycles. The molecule has 0 bridgehead atoms. The van der Waals surface area contributed by atoms with Crippen molar-refractivity contribution in [2.45, 2.75) is 45.4 Å². The molecule has 0 atom stereocenters. The van der Waals surface area contributed by atoms with Crippen LogP contribution in [0.25, 0.3) is 0 Å². The lowest BCUT2D eigenvalue weighted by Crippen LogP contribution is -2.20. The summed E-state index contributed by atoms with van der Waals surface area (Å²) >= 11 is 0. The molecule has 1 N–H and O–H groups in total. The molecule has 4 nitrogen and oxygen atoms in total. The summed E-state index contributed by atoms with van der Waals surface area (Å²) in [5.41, 5.74) is 1.66. The molecule has 94 valence electrons. The van der Waals surface area contributed by atoms with Gasteiger partial charge in [-0.25, -0.2) is 4.79 Å². The highest BCUT2D eigenvalue weighted by atomic mass is 16.4. The zero-order valence-corrected chi connectivity index (χ0v) is 10.7. The number of aromatic nitrogens is 2. The van der Waals surface area contributed by atoms with E-state index in [0.717, 1.165) is 18.5 Å². The summed E-state index contributed by atoms with van der Waals surface area (Å²) in [6.45, 7) is 4.59. The number of aromatic carboxylic acids is 1. The Kier molecular flexibility index (Phi) is 2.98. The van der Waals surface area contributed by atoms with Crippen molar-refractivity contribution in [3.05, 3.63) is 17.5 Å². The van der Waals surface area contributed by atoms with Gasteiger partial charge in [0.05, 0.1) is 5.69 Å². The van der Waals surface area contributed by atoms with E-state index in [-0.39, 0.29) is 5.69 Å². The Morgan fingerprint density at radius 2 is 2.06 bits per heavy atom. The molecule has 1 saturated carbocycles. The fraction of sp³-hybridized carbons (Fsp3) is 0.692. The molecule has 0 unspecified atom stereocenters. The number of hydrogen-bond acceptors (Lipinski definition) is 2. The van der Waals surface area contributed by atoms with Crippen molar-refractivity contribution in [2.75, 3.05) is 0 Å². The molecule has 1 fully saturated rings. The third-order valence-electron chi connectivity index (χ3n) is 3.88. The Bertz CT molecular complexity index is 425. The molecule has 0 spiro atoms. The molecule has 0 radical (unpaired) electrons. The third kappa shape index (κ3) is 2.51. The van der Waals surface area contributed by atoms with E-state index in [1.807, 2.05) is 0 Å². The maximum absolute atomic E-state index is 11.0. The molecule has 1 aromatic rings. The summed E-state index contributed by atoms with van der Waals surface area (Å²) in [5, 5.41) is 13.3. The third-order valence-corrected chi connectivity index (χ3v) is 3.88. The van der Waals surface area contributed by atoms with Crippen LogP contribution in [0.5, 0.6) is 0 Å². The lowest BCUT2D eigenvalue weighted by Gasteiger charge is -2.33. The molecular weight excluding hydrogens is 216 g/mol. The summed E-state index contributed by atoms with van der Waals surface area (Å²) in [4.78, 5) is 11.0. The van der Waals surface area contributed by atoms with E-state index in [2.05, 4.69) is 18.9 Å². The van der Waals surface area contributed by atoms with Crippen LogP contribution in [0, 0.1) is 5.41 Å². The maximum atomic E-state index is 11.0. The van der Waals surface area contributed by atoms with Crippen molar-refractivity contribution in [1.82, 2.24) is 9.78 Å². The van der Waals surface area contributed by atoms with Gasteiger partial charge in [-0.05, 0) is 37.2 Å². The van der Waals surface area contributed by atoms with Crippen molar-refractivity contribution in [3.8, 4) is 0 Å². The molecule has 1 aromatic heterocycles. The van der Waals surface area contributed by atoms with Crippen LogP contribution in [-0.2, 0) is 7.05 Å². The second-order valence-corrected chi connectivity index (χ2v) is 5.82. The quantitative estimate of drug-likeness (QED) is 0.859. The van der Waals surface area contributed by atoms with Gasteiger partial charge >= 0.3 is 5.97 Å². The molecule has 0 aromatic carbocycles. The standard InChI is InChI=1S/C13H20N2O2/c1-13(2)6-4-9(5-7-13)10-8-11(12(16)17)15(3)14-10/h8-9H,4-7H2,1-3H3,(H,16,17). The smallest absolute Gasteiger partial charge is 0.354 e. The normalized spacial score (nSPS) is 20.4. The SMILES string of the molecule is Cn1nc(C2CCC(C)(C)CC2)cc1C(=O)O. The first-order chi connectivity index (χ1) is 7.89. The Labute approximate surface area is 102 Å². The van der Waals surface area contributed by atoms with E-state index in [1.54, 1.807) is 13.1 Å². The van der Waals surface area contributed by atoms with E-state index in [0.29, 0.717) is 11.3 Å². The molecule has 0 saturated heterocycles. The first-order valence-electron chi connectivity index (χ1n) is 6.16. The minimum absolute atomic E-state index is 0.282. The summed E-state index contributed by atoms with van der Waals surface area (Å²) < 4.78 is 1.47. The molecule has 1 aliphatic rings. The average molecular weight is 236 g/mol. The van der Waals surface area contributed by atoms with Gasteiger partial charge in [0, 0.05) is 13.0 Å². The first kappa shape index (κ1) is 12.1. The summed E-state index contributed by atoms with van der Waals surface area (Å²) in [6, 6.07) is 1.73. The molecule has 0 aliphatic heterocycles. The van der Waals surface area contributed by atoms with E-state index in [9.17, 15) is 4.79 Å². The number of carbonyl (C=O) groups is 1. The fourth-order valence-corrected chi connectivity index (χ4v) is 2.58. The van der Waals surface area contributed by atoms with Crippen LogP contribution in [0.4, 0.5) is 0 Å². The number of hydrogen-bond donors (Lipinski definition) is 1. The van der Waals surface area contributed by atoms with Crippen molar-refractivity contribution < 1.29 is 9.90 Å². The summed E-state index contributed by atoms with van der Waals surface area (Å²) in [6.07, 6.45) is 4.61. The molecular formula is C13H20N2O2. The highest BCUT2D eigenvalue weighted by Gasteiger charge is 2.29. The predicted octanol–water partition coefficient (Wildman–Crippen LogP) is 2.80. The Hall–Kier alpha value is -1.32. The number of carboxylic acids is 1. The Morgan fingerprint density at radius 1 is 1.47 bits per heavy atom. The van der Waals surface area contributed by atoms with E-state index in [4.69, 9.17) is 5.11 Å². The van der Waals surface area contributed by atoms with E-state index >= 15 is 0 Å². The van der Waals surface area contributed by atoms with Gasteiger partial charge in [0.25, 0.3) is 0 Å². The Morgan fingerprint density at radius 3 is 2.53 bits per heavy atom.